The van der Waals surface area contributed by atoms with E-state index in [2.05, 4.69) is 19.9 Å². The zero-order valence-corrected chi connectivity index (χ0v) is 15.6. The molecule has 0 aliphatic carbocycles. The van der Waals surface area contributed by atoms with Gasteiger partial charge in [0.1, 0.15) is 0 Å². The molecule has 0 radical (unpaired) electrons. The molecule has 2 heterocycles. The zero-order chi connectivity index (χ0) is 18.0. The van der Waals surface area contributed by atoms with Gasteiger partial charge in [0.2, 0.25) is 0 Å². The second-order valence-corrected chi connectivity index (χ2v) is 6.92. The van der Waals surface area contributed by atoms with Gasteiger partial charge in [-0.05, 0) is 35.6 Å². The van der Waals surface area contributed by atoms with Crippen LogP contribution in [0.4, 0.5) is 4.79 Å². The zero-order valence-electron chi connectivity index (χ0n) is 15.6. The smallest absolute Gasteiger partial charge is 0.320 e. The van der Waals surface area contributed by atoms with Gasteiger partial charge in [0.05, 0.1) is 33.5 Å². The van der Waals surface area contributed by atoms with Crippen molar-refractivity contribution in [2.45, 2.75) is 26.3 Å². The summed E-state index contributed by atoms with van der Waals surface area (Å²) >= 11 is 0. The Hall–Kier alpha value is -1.95. The first kappa shape index (κ1) is 17.9. The predicted molar refractivity (Wildman–Crippen MR) is 95.3 cm³/mol. The number of carbonyl (C=O) groups is 1. The summed E-state index contributed by atoms with van der Waals surface area (Å²) < 4.78 is 16.3. The lowest BCUT2D eigenvalue weighted by atomic mass is 9.86. The van der Waals surface area contributed by atoms with Crippen molar-refractivity contribution in [2.24, 2.45) is 5.92 Å². The Kier molecular flexibility index (Phi) is 5.37. The van der Waals surface area contributed by atoms with Crippen molar-refractivity contribution in [3.05, 3.63) is 23.3 Å². The predicted octanol–water partition coefficient (Wildman–Crippen LogP) is 2.71. The first-order valence-corrected chi connectivity index (χ1v) is 8.95. The van der Waals surface area contributed by atoms with Gasteiger partial charge in [-0.3, -0.25) is 0 Å². The van der Waals surface area contributed by atoms with Crippen molar-refractivity contribution in [1.82, 2.24) is 9.80 Å². The summed E-state index contributed by atoms with van der Waals surface area (Å²) in [7, 11) is 3.30. The van der Waals surface area contributed by atoms with Crippen LogP contribution in [-0.4, -0.2) is 62.9 Å². The van der Waals surface area contributed by atoms with Crippen LogP contribution in [0, 0.1) is 5.92 Å². The highest BCUT2D eigenvalue weighted by Crippen LogP contribution is 2.41. The van der Waals surface area contributed by atoms with Crippen LogP contribution in [0.2, 0.25) is 0 Å². The highest BCUT2D eigenvalue weighted by molar-refractivity contribution is 5.76. The molecular formula is C19H28N2O4. The van der Waals surface area contributed by atoms with Gasteiger partial charge in [-0.1, -0.05) is 13.8 Å². The monoisotopic (exact) mass is 348 g/mol. The molecule has 0 N–H and O–H groups in total. The highest BCUT2D eigenvalue weighted by atomic mass is 16.5. The van der Waals surface area contributed by atoms with Crippen molar-refractivity contribution in [1.29, 1.82) is 0 Å². The molecule has 1 unspecified atom stereocenters. The summed E-state index contributed by atoms with van der Waals surface area (Å²) in [5.41, 5.74) is 2.41. The Morgan fingerprint density at radius 2 is 1.76 bits per heavy atom. The topological polar surface area (TPSA) is 51.2 Å². The molecular weight excluding hydrogens is 320 g/mol. The first-order chi connectivity index (χ1) is 12.1. The third kappa shape index (κ3) is 3.40. The molecule has 2 aliphatic heterocycles. The number of ether oxygens (including phenoxy) is 3. The quantitative estimate of drug-likeness (QED) is 0.843. The molecule has 1 fully saturated rings. The van der Waals surface area contributed by atoms with Crippen LogP contribution >= 0.6 is 0 Å². The Labute approximate surface area is 149 Å². The van der Waals surface area contributed by atoms with E-state index in [0.29, 0.717) is 38.0 Å². The molecule has 0 spiro atoms. The molecule has 6 nitrogen and oxygen atoms in total. The number of carbonyl (C=O) groups excluding carboxylic acids is 1. The van der Waals surface area contributed by atoms with Crippen LogP contribution in [0.1, 0.15) is 31.0 Å². The maximum atomic E-state index is 13.1. The minimum atomic E-state index is 0.0406. The van der Waals surface area contributed by atoms with E-state index < -0.39 is 0 Å². The Balaban J connectivity index is 1.94. The van der Waals surface area contributed by atoms with E-state index in [-0.39, 0.29) is 12.1 Å². The summed E-state index contributed by atoms with van der Waals surface area (Å²) in [6.07, 6.45) is 0.828. The lowest BCUT2D eigenvalue weighted by Gasteiger charge is -2.43. The highest BCUT2D eigenvalue weighted by Gasteiger charge is 2.36. The van der Waals surface area contributed by atoms with E-state index in [9.17, 15) is 4.79 Å². The van der Waals surface area contributed by atoms with Crippen LogP contribution in [-0.2, 0) is 11.2 Å². The number of urea groups is 1. The molecule has 0 bridgehead atoms. The first-order valence-electron chi connectivity index (χ1n) is 8.95. The fraction of sp³-hybridized carbons (Fsp3) is 0.632. The lowest BCUT2D eigenvalue weighted by Crippen LogP contribution is -2.52. The molecule has 1 aromatic rings. The molecule has 2 amide bonds. The molecule has 1 saturated heterocycles. The standard InChI is InChI=1S/C19H28N2O4/c1-13(2)18-15-12-17(24-4)16(23-3)11-14(15)5-6-21(18)19(22)20-7-9-25-10-8-20/h11-13,18H,5-10H2,1-4H3. The van der Waals surface area contributed by atoms with Crippen LogP contribution < -0.4 is 9.47 Å². The number of hydrogen-bond donors (Lipinski definition) is 0. The number of rotatable bonds is 3. The molecule has 3 rings (SSSR count). The molecule has 6 heteroatoms. The number of fused-ring (bicyclic) bond motifs is 1. The van der Waals surface area contributed by atoms with Crippen molar-refractivity contribution >= 4 is 6.03 Å². The molecule has 0 saturated carbocycles. The number of morpholine rings is 1. The Morgan fingerprint density at radius 1 is 1.12 bits per heavy atom. The maximum Gasteiger partial charge on any atom is 0.320 e. The van der Waals surface area contributed by atoms with E-state index in [1.807, 2.05) is 15.9 Å². The van der Waals surface area contributed by atoms with E-state index in [4.69, 9.17) is 14.2 Å². The van der Waals surface area contributed by atoms with Gasteiger partial charge >= 0.3 is 6.03 Å². The Morgan fingerprint density at radius 3 is 2.36 bits per heavy atom. The summed E-state index contributed by atoms with van der Waals surface area (Å²) in [6, 6.07) is 4.25. The number of amides is 2. The van der Waals surface area contributed by atoms with Crippen molar-refractivity contribution in [3.8, 4) is 11.5 Å². The Bertz CT molecular complexity index is 626. The molecule has 1 aromatic carbocycles. The lowest BCUT2D eigenvalue weighted by molar-refractivity contribution is 0.0350. The van der Waals surface area contributed by atoms with Gasteiger partial charge in [-0.2, -0.15) is 0 Å². The third-order valence-corrected chi connectivity index (χ3v) is 5.08. The fourth-order valence-corrected chi connectivity index (χ4v) is 3.85. The van der Waals surface area contributed by atoms with Gasteiger partial charge in [0.25, 0.3) is 0 Å². The largest absolute Gasteiger partial charge is 0.493 e. The van der Waals surface area contributed by atoms with E-state index >= 15 is 0 Å². The number of nitrogens with zero attached hydrogens (tertiary/aromatic N) is 2. The molecule has 0 aromatic heterocycles. The normalized spacial score (nSPS) is 20.4. The van der Waals surface area contributed by atoms with E-state index in [1.165, 1.54) is 11.1 Å². The van der Waals surface area contributed by atoms with Crippen LogP contribution in [0.15, 0.2) is 12.1 Å². The molecule has 1 atom stereocenters. The van der Waals surface area contributed by atoms with Crippen molar-refractivity contribution in [2.75, 3.05) is 47.1 Å². The van der Waals surface area contributed by atoms with E-state index in [0.717, 1.165) is 18.7 Å². The number of hydrogen-bond acceptors (Lipinski definition) is 4. The van der Waals surface area contributed by atoms with Crippen molar-refractivity contribution < 1.29 is 19.0 Å². The van der Waals surface area contributed by atoms with Crippen LogP contribution in [0.25, 0.3) is 0 Å². The average Bonchev–Trinajstić information content (AvgIpc) is 2.65. The summed E-state index contributed by atoms with van der Waals surface area (Å²) in [5.74, 6) is 1.77. The minimum absolute atomic E-state index is 0.0406. The number of benzene rings is 1. The van der Waals surface area contributed by atoms with Gasteiger partial charge in [-0.25, -0.2) is 4.79 Å². The van der Waals surface area contributed by atoms with Crippen LogP contribution in [0.5, 0.6) is 11.5 Å². The van der Waals surface area contributed by atoms with Gasteiger partial charge in [0.15, 0.2) is 11.5 Å². The second-order valence-electron chi connectivity index (χ2n) is 6.92. The van der Waals surface area contributed by atoms with Gasteiger partial charge in [0, 0.05) is 19.6 Å². The minimum Gasteiger partial charge on any atom is -0.493 e. The molecule has 138 valence electrons. The van der Waals surface area contributed by atoms with Gasteiger partial charge in [-0.15, -0.1) is 0 Å². The molecule has 2 aliphatic rings. The van der Waals surface area contributed by atoms with Gasteiger partial charge < -0.3 is 24.0 Å². The summed E-state index contributed by atoms with van der Waals surface area (Å²) in [4.78, 5) is 17.0. The average molecular weight is 348 g/mol. The fourth-order valence-electron chi connectivity index (χ4n) is 3.85. The van der Waals surface area contributed by atoms with Crippen LogP contribution in [0.3, 0.4) is 0 Å². The summed E-state index contributed by atoms with van der Waals surface area (Å²) in [5, 5.41) is 0. The summed E-state index contributed by atoms with van der Waals surface area (Å²) in [6.45, 7) is 7.62. The van der Waals surface area contributed by atoms with Crippen molar-refractivity contribution in [3.63, 3.8) is 0 Å². The van der Waals surface area contributed by atoms with E-state index in [1.54, 1.807) is 14.2 Å². The maximum absolute atomic E-state index is 13.1. The third-order valence-electron chi connectivity index (χ3n) is 5.08. The second kappa shape index (κ2) is 7.52. The number of methoxy groups -OCH3 is 2. The molecule has 25 heavy (non-hydrogen) atoms. The SMILES string of the molecule is COc1cc2c(cc1OC)C(C(C)C)N(C(=O)N1CCOCC1)CC2.